The smallest absolute Gasteiger partial charge is 0.246 e. The van der Waals surface area contributed by atoms with Crippen LogP contribution in [0.3, 0.4) is 0 Å². The predicted octanol–water partition coefficient (Wildman–Crippen LogP) is 8.11. The molecule has 3 aromatic rings. The van der Waals surface area contributed by atoms with E-state index in [1.165, 1.54) is 5.56 Å². The SMILES string of the molecule is C=CN(C)c1ccc(Oc2ccc(NC(=N/C=C/CC)c3c(C)ccc4c3OCC3CN(C(=O)/C=C/CN(C)C)CCN43)cc2C)cc1C(C)C. The predicted molar refractivity (Wildman–Crippen MR) is 212 cm³/mol. The van der Waals surface area contributed by atoms with Crippen molar-refractivity contribution in [3.63, 3.8) is 0 Å². The maximum Gasteiger partial charge on any atom is 0.246 e. The minimum Gasteiger partial charge on any atom is -0.488 e. The average Bonchev–Trinajstić information content (AvgIpc) is 3.11. The standard InChI is InChI=1S/C42H54N6O3/c1-10-12-21-43-42(44-32-16-20-38(31(6)25-32)51-34-17-19-36(46(9)11-2)35(26-34)29(3)4)40-30(5)15-18-37-41(40)50-28-33-27-47(23-24-48(33)37)39(49)14-13-22-45(7)8/h11-21,25-26,29,33H,2,10,22-24,27-28H2,1,3-9H3,(H,43,44)/b14-13+,21-12+. The normalized spacial score (nSPS) is 16.0. The largest absolute Gasteiger partial charge is 0.488 e. The summed E-state index contributed by atoms with van der Waals surface area (Å²) in [6.07, 6.45) is 10.2. The molecule has 270 valence electrons. The molecule has 0 aliphatic carbocycles. The van der Waals surface area contributed by atoms with Crippen molar-refractivity contribution in [2.24, 2.45) is 4.99 Å². The highest BCUT2D eigenvalue weighted by molar-refractivity contribution is 6.12. The second-order valence-corrected chi connectivity index (χ2v) is 13.9. The van der Waals surface area contributed by atoms with Gasteiger partial charge in [0.15, 0.2) is 5.75 Å². The van der Waals surface area contributed by atoms with E-state index in [9.17, 15) is 4.79 Å². The molecular formula is C42H54N6O3. The number of anilines is 3. The summed E-state index contributed by atoms with van der Waals surface area (Å²) in [5.74, 6) is 3.49. The lowest BCUT2D eigenvalue weighted by molar-refractivity contribution is -0.127. The Morgan fingerprint density at radius 3 is 2.59 bits per heavy atom. The average molecular weight is 691 g/mol. The molecule has 1 N–H and O–H groups in total. The molecule has 1 atom stereocenters. The quantitative estimate of drug-likeness (QED) is 0.117. The van der Waals surface area contributed by atoms with Crippen molar-refractivity contribution in [1.82, 2.24) is 9.80 Å². The number of hydrogen-bond acceptors (Lipinski definition) is 7. The molecule has 9 nitrogen and oxygen atoms in total. The molecule has 0 spiro atoms. The number of aryl methyl sites for hydroxylation is 2. The molecule has 51 heavy (non-hydrogen) atoms. The molecule has 9 heteroatoms. The molecule has 1 saturated heterocycles. The first-order chi connectivity index (χ1) is 24.5. The van der Waals surface area contributed by atoms with E-state index in [-0.39, 0.29) is 11.9 Å². The number of amides is 1. The zero-order valence-corrected chi connectivity index (χ0v) is 31.6. The highest BCUT2D eigenvalue weighted by atomic mass is 16.5. The maximum absolute atomic E-state index is 12.9. The number of carbonyl (C=O) groups excluding carboxylic acids is 1. The van der Waals surface area contributed by atoms with Crippen LogP contribution < -0.4 is 24.6 Å². The lowest BCUT2D eigenvalue weighted by atomic mass is 10.00. The van der Waals surface area contributed by atoms with E-state index in [1.807, 2.05) is 78.6 Å². The van der Waals surface area contributed by atoms with Crippen LogP contribution >= 0.6 is 0 Å². The summed E-state index contributed by atoms with van der Waals surface area (Å²) in [4.78, 5) is 26.2. The van der Waals surface area contributed by atoms with Gasteiger partial charge in [0.05, 0.1) is 17.3 Å². The fraction of sp³-hybridized carbons (Fsp3) is 0.381. The molecule has 2 aliphatic heterocycles. The third-order valence-corrected chi connectivity index (χ3v) is 9.32. The van der Waals surface area contributed by atoms with Crippen molar-refractivity contribution in [2.45, 2.75) is 53.0 Å². The minimum atomic E-state index is 0.0505. The number of piperazine rings is 1. The van der Waals surface area contributed by atoms with Gasteiger partial charge in [0.1, 0.15) is 23.9 Å². The van der Waals surface area contributed by atoms with Crippen LogP contribution in [0.5, 0.6) is 17.2 Å². The Morgan fingerprint density at radius 2 is 1.88 bits per heavy atom. The molecule has 3 aromatic carbocycles. The molecule has 0 radical (unpaired) electrons. The summed E-state index contributed by atoms with van der Waals surface area (Å²) in [5.41, 5.74) is 7.23. The number of rotatable bonds is 12. The van der Waals surface area contributed by atoms with Crippen molar-refractivity contribution in [3.8, 4) is 17.2 Å². The highest BCUT2D eigenvalue weighted by Crippen LogP contribution is 2.41. The van der Waals surface area contributed by atoms with Gasteiger partial charge in [-0.25, -0.2) is 4.99 Å². The molecule has 1 fully saturated rings. The number of likely N-dealkylation sites (N-methyl/N-ethyl adjacent to an activating group) is 1. The number of carbonyl (C=O) groups is 1. The summed E-state index contributed by atoms with van der Waals surface area (Å²) >= 11 is 0. The Labute approximate surface area is 304 Å². The first-order valence-corrected chi connectivity index (χ1v) is 17.9. The number of benzene rings is 3. The number of nitrogens with one attached hydrogen (secondary N) is 1. The van der Waals surface area contributed by atoms with E-state index in [4.69, 9.17) is 14.5 Å². The summed E-state index contributed by atoms with van der Waals surface area (Å²) < 4.78 is 13.0. The van der Waals surface area contributed by atoms with Gasteiger partial charge in [0.25, 0.3) is 0 Å². The van der Waals surface area contributed by atoms with Crippen molar-refractivity contribution >= 4 is 28.8 Å². The van der Waals surface area contributed by atoms with Crippen molar-refractivity contribution < 1.29 is 14.3 Å². The monoisotopic (exact) mass is 690 g/mol. The van der Waals surface area contributed by atoms with Gasteiger partial charge >= 0.3 is 0 Å². The third-order valence-electron chi connectivity index (χ3n) is 9.32. The molecule has 0 aromatic heterocycles. The number of ether oxygens (including phenoxy) is 2. The van der Waals surface area contributed by atoms with Crippen molar-refractivity contribution in [3.05, 3.63) is 108 Å². The number of nitrogens with zero attached hydrogens (tertiary/aromatic N) is 5. The fourth-order valence-electron chi connectivity index (χ4n) is 6.48. The second kappa shape index (κ2) is 16.8. The van der Waals surface area contributed by atoms with Gasteiger partial charge in [-0.1, -0.05) is 45.6 Å². The fourth-order valence-corrected chi connectivity index (χ4v) is 6.48. The van der Waals surface area contributed by atoms with Gasteiger partial charge in [-0.05, 0) is 106 Å². The number of fused-ring (bicyclic) bond motifs is 3. The van der Waals surface area contributed by atoms with Gasteiger partial charge in [0.2, 0.25) is 5.91 Å². The first kappa shape index (κ1) is 37.2. The molecule has 5 rings (SSSR count). The minimum absolute atomic E-state index is 0.0505. The Kier molecular flexibility index (Phi) is 12.3. The Bertz CT molecular complexity index is 1810. The van der Waals surface area contributed by atoms with Gasteiger partial charge < -0.3 is 34.4 Å². The summed E-state index contributed by atoms with van der Waals surface area (Å²) in [6, 6.07) is 16.7. The van der Waals surface area contributed by atoms with Crippen molar-refractivity contribution in [2.75, 3.05) is 69.0 Å². The number of amidine groups is 1. The number of allylic oxidation sites excluding steroid dienone is 1. The van der Waals surface area contributed by atoms with Gasteiger partial charge in [-0.3, -0.25) is 4.79 Å². The second-order valence-electron chi connectivity index (χ2n) is 13.9. The zero-order chi connectivity index (χ0) is 36.7. The first-order valence-electron chi connectivity index (χ1n) is 17.9. The number of aliphatic imine (C=N–C) groups is 1. The topological polar surface area (TPSA) is 72.9 Å². The zero-order valence-electron chi connectivity index (χ0n) is 31.6. The van der Waals surface area contributed by atoms with Crippen LogP contribution in [-0.2, 0) is 4.79 Å². The summed E-state index contributed by atoms with van der Waals surface area (Å²) in [7, 11) is 5.99. The van der Waals surface area contributed by atoms with Crippen LogP contribution in [-0.4, -0.2) is 81.5 Å². The molecule has 2 aliphatic rings. The Morgan fingerprint density at radius 1 is 1.08 bits per heavy atom. The summed E-state index contributed by atoms with van der Waals surface area (Å²) in [5, 5.41) is 3.61. The van der Waals surface area contributed by atoms with E-state index in [0.717, 1.165) is 70.5 Å². The van der Waals surface area contributed by atoms with E-state index in [0.29, 0.717) is 31.4 Å². The van der Waals surface area contributed by atoms with Crippen LogP contribution in [0, 0.1) is 13.8 Å². The number of hydrogen-bond donors (Lipinski definition) is 1. The van der Waals surface area contributed by atoms with Gasteiger partial charge in [-0.15, -0.1) is 0 Å². The van der Waals surface area contributed by atoms with E-state index >= 15 is 0 Å². The third kappa shape index (κ3) is 8.83. The maximum atomic E-state index is 12.9. The Hall–Kier alpha value is -5.02. The van der Waals surface area contributed by atoms with Crippen molar-refractivity contribution in [1.29, 1.82) is 0 Å². The molecule has 0 saturated carbocycles. The van der Waals surface area contributed by atoms with E-state index in [2.05, 4.69) is 81.7 Å². The van der Waals surface area contributed by atoms with E-state index in [1.54, 1.807) is 6.08 Å². The van der Waals surface area contributed by atoms with Gasteiger partial charge in [-0.2, -0.15) is 0 Å². The van der Waals surface area contributed by atoms with Crippen LogP contribution in [0.4, 0.5) is 17.1 Å². The van der Waals surface area contributed by atoms with Crippen LogP contribution in [0.15, 0.2) is 90.7 Å². The molecule has 1 amide bonds. The molecular weight excluding hydrogens is 637 g/mol. The summed E-state index contributed by atoms with van der Waals surface area (Å²) in [6.45, 7) is 17.8. The highest BCUT2D eigenvalue weighted by Gasteiger charge is 2.36. The lowest BCUT2D eigenvalue weighted by Gasteiger charge is -2.46. The molecule has 0 bridgehead atoms. The molecule has 1 unspecified atom stereocenters. The van der Waals surface area contributed by atoms with Crippen LogP contribution in [0.1, 0.15) is 55.4 Å². The lowest BCUT2D eigenvalue weighted by Crippen LogP contribution is -2.58. The van der Waals surface area contributed by atoms with Crippen LogP contribution in [0.25, 0.3) is 0 Å². The van der Waals surface area contributed by atoms with E-state index < -0.39 is 0 Å². The van der Waals surface area contributed by atoms with Crippen LogP contribution in [0.2, 0.25) is 0 Å². The Balaban J connectivity index is 1.38. The molecule has 2 heterocycles. The van der Waals surface area contributed by atoms with Gasteiger partial charge in [0, 0.05) is 56.9 Å².